The number of anilines is 2. The molecule has 0 radical (unpaired) electrons. The molecule has 1 N–H and O–H groups in total. The van der Waals surface area contributed by atoms with Crippen molar-refractivity contribution in [2.45, 2.75) is 19.8 Å². The van der Waals surface area contributed by atoms with E-state index in [0.717, 1.165) is 24.3 Å². The van der Waals surface area contributed by atoms with Crippen LogP contribution in [-0.4, -0.2) is 44.8 Å². The zero-order chi connectivity index (χ0) is 26.0. The third-order valence-corrected chi connectivity index (χ3v) is 5.80. The van der Waals surface area contributed by atoms with Gasteiger partial charge in [-0.1, -0.05) is 11.6 Å². The molecular formula is C28H29ClN2O6. The van der Waals surface area contributed by atoms with Crippen molar-refractivity contribution in [2.24, 2.45) is 0 Å². The highest BCUT2D eigenvalue weighted by Crippen LogP contribution is 2.35. The lowest BCUT2D eigenvalue weighted by Crippen LogP contribution is -2.39. The molecular weight excluding hydrogens is 496 g/mol. The molecule has 0 unspecified atom stereocenters. The maximum absolute atomic E-state index is 12.6. The maximum Gasteiger partial charge on any atom is 0.265 e. The summed E-state index contributed by atoms with van der Waals surface area (Å²) in [6, 6.07) is 19.5. The summed E-state index contributed by atoms with van der Waals surface area (Å²) in [7, 11) is 0. The van der Waals surface area contributed by atoms with Crippen molar-refractivity contribution in [3.8, 4) is 23.0 Å². The average Bonchev–Trinajstić information content (AvgIpc) is 2.90. The molecule has 0 bridgehead atoms. The van der Waals surface area contributed by atoms with Gasteiger partial charge in [0.15, 0.2) is 13.2 Å². The van der Waals surface area contributed by atoms with E-state index in [4.69, 9.17) is 30.5 Å². The lowest BCUT2D eigenvalue weighted by atomic mass is 10.2. The summed E-state index contributed by atoms with van der Waals surface area (Å²) in [6.45, 7) is 3.36. The molecule has 0 fully saturated rings. The Kier molecular flexibility index (Phi) is 9.10. The molecule has 194 valence electrons. The molecule has 1 heterocycles. The number of unbranched alkanes of at least 4 members (excludes halogenated alkanes) is 1. The van der Waals surface area contributed by atoms with Gasteiger partial charge in [0.25, 0.3) is 11.8 Å². The smallest absolute Gasteiger partial charge is 0.265 e. The van der Waals surface area contributed by atoms with Crippen LogP contribution in [0.5, 0.6) is 23.0 Å². The van der Waals surface area contributed by atoms with Crippen molar-refractivity contribution in [1.82, 2.24) is 0 Å². The molecule has 8 nitrogen and oxygen atoms in total. The lowest BCUT2D eigenvalue weighted by molar-refractivity contribution is -0.121. The highest BCUT2D eigenvalue weighted by atomic mass is 35.5. The van der Waals surface area contributed by atoms with Crippen molar-refractivity contribution >= 4 is 34.8 Å². The summed E-state index contributed by atoms with van der Waals surface area (Å²) in [5.41, 5.74) is 1.17. The minimum Gasteiger partial charge on any atom is -0.494 e. The van der Waals surface area contributed by atoms with E-state index in [0.29, 0.717) is 47.7 Å². The van der Waals surface area contributed by atoms with Gasteiger partial charge in [0.05, 0.1) is 18.9 Å². The average molecular weight is 525 g/mol. The number of rotatable bonds is 12. The fraction of sp³-hybridized carbons (Fsp3) is 0.286. The number of carbonyl (C=O) groups excluding carboxylic acids is 2. The number of nitrogens with zero attached hydrogens (tertiary/aromatic N) is 1. The van der Waals surface area contributed by atoms with Crippen molar-refractivity contribution < 1.29 is 28.5 Å². The number of fused-ring (bicyclic) bond motifs is 1. The Morgan fingerprint density at radius 1 is 0.946 bits per heavy atom. The van der Waals surface area contributed by atoms with Crippen molar-refractivity contribution in [3.63, 3.8) is 0 Å². The lowest BCUT2D eigenvalue weighted by Gasteiger charge is -2.30. The molecule has 37 heavy (non-hydrogen) atoms. The zero-order valence-corrected chi connectivity index (χ0v) is 21.3. The first-order valence-electron chi connectivity index (χ1n) is 12.1. The third-order valence-electron chi connectivity index (χ3n) is 5.55. The molecule has 0 atom stereocenters. The Labute approximate surface area is 221 Å². The standard InChI is InChI=1S/C28H29ClN2O6/c1-2-34-22-10-12-24(13-11-22)36-18-27(32)30-21-7-14-26-25(17-21)31(28(33)19-37-26)15-3-4-16-35-23-8-5-20(29)6-9-23/h5-14,17H,2-4,15-16,18-19H2,1H3,(H,30,32). The first-order valence-corrected chi connectivity index (χ1v) is 12.5. The fourth-order valence-corrected chi connectivity index (χ4v) is 3.89. The molecule has 0 spiro atoms. The van der Waals surface area contributed by atoms with E-state index in [9.17, 15) is 9.59 Å². The van der Waals surface area contributed by atoms with Gasteiger partial charge in [-0.15, -0.1) is 0 Å². The third kappa shape index (κ3) is 7.54. The highest BCUT2D eigenvalue weighted by Gasteiger charge is 2.25. The van der Waals surface area contributed by atoms with Crippen LogP contribution in [0, 0.1) is 0 Å². The number of benzene rings is 3. The molecule has 3 aromatic rings. The van der Waals surface area contributed by atoms with Gasteiger partial charge in [-0.25, -0.2) is 0 Å². The molecule has 1 aliphatic heterocycles. The summed E-state index contributed by atoms with van der Waals surface area (Å²) >= 11 is 5.89. The van der Waals surface area contributed by atoms with Gasteiger partial charge in [-0.2, -0.15) is 0 Å². The minimum absolute atomic E-state index is 0.0179. The van der Waals surface area contributed by atoms with E-state index in [1.54, 1.807) is 59.5 Å². The van der Waals surface area contributed by atoms with Crippen LogP contribution < -0.4 is 29.2 Å². The molecule has 0 aromatic heterocycles. The number of carbonyl (C=O) groups is 2. The van der Waals surface area contributed by atoms with Crippen molar-refractivity contribution in [2.75, 3.05) is 43.2 Å². The molecule has 3 aromatic carbocycles. The first kappa shape index (κ1) is 26.2. The summed E-state index contributed by atoms with van der Waals surface area (Å²) < 4.78 is 22.3. The predicted octanol–water partition coefficient (Wildman–Crippen LogP) is 5.34. The number of nitrogens with one attached hydrogen (secondary N) is 1. The van der Waals surface area contributed by atoms with Gasteiger partial charge < -0.3 is 29.2 Å². The summed E-state index contributed by atoms with van der Waals surface area (Å²) in [5.74, 6) is 2.21. The van der Waals surface area contributed by atoms with Crippen LogP contribution in [0.2, 0.25) is 5.02 Å². The summed E-state index contributed by atoms with van der Waals surface area (Å²) in [4.78, 5) is 26.7. The van der Waals surface area contributed by atoms with Crippen LogP contribution in [0.15, 0.2) is 66.7 Å². The zero-order valence-electron chi connectivity index (χ0n) is 20.6. The summed E-state index contributed by atoms with van der Waals surface area (Å²) in [5, 5.41) is 3.48. The van der Waals surface area contributed by atoms with Crippen LogP contribution in [0.1, 0.15) is 19.8 Å². The largest absolute Gasteiger partial charge is 0.494 e. The van der Waals surface area contributed by atoms with Gasteiger partial charge in [0, 0.05) is 17.3 Å². The Hall–Kier alpha value is -3.91. The number of ether oxygens (including phenoxy) is 4. The van der Waals surface area contributed by atoms with Crippen LogP contribution in [0.4, 0.5) is 11.4 Å². The number of hydrogen-bond acceptors (Lipinski definition) is 6. The topological polar surface area (TPSA) is 86.3 Å². The Bertz CT molecular complexity index is 1200. The van der Waals surface area contributed by atoms with Gasteiger partial charge in [-0.3, -0.25) is 9.59 Å². The number of amides is 2. The molecule has 1 aliphatic rings. The number of halogens is 1. The van der Waals surface area contributed by atoms with Gasteiger partial charge in [-0.05, 0) is 86.5 Å². The Morgan fingerprint density at radius 3 is 2.35 bits per heavy atom. The normalized spacial score (nSPS) is 12.4. The second-order valence-electron chi connectivity index (χ2n) is 8.27. The second kappa shape index (κ2) is 12.9. The van der Waals surface area contributed by atoms with Gasteiger partial charge >= 0.3 is 0 Å². The van der Waals surface area contributed by atoms with E-state index in [2.05, 4.69) is 5.32 Å². The molecule has 0 aliphatic carbocycles. The van der Waals surface area contributed by atoms with Crippen LogP contribution >= 0.6 is 11.6 Å². The van der Waals surface area contributed by atoms with E-state index in [1.165, 1.54) is 0 Å². The van der Waals surface area contributed by atoms with Crippen molar-refractivity contribution in [1.29, 1.82) is 0 Å². The molecule has 4 rings (SSSR count). The van der Waals surface area contributed by atoms with Crippen molar-refractivity contribution in [3.05, 3.63) is 71.8 Å². The summed E-state index contributed by atoms with van der Waals surface area (Å²) in [6.07, 6.45) is 1.51. The Morgan fingerprint density at radius 2 is 1.62 bits per heavy atom. The van der Waals surface area contributed by atoms with Gasteiger partial charge in [0.2, 0.25) is 0 Å². The molecule has 2 amide bonds. The SMILES string of the molecule is CCOc1ccc(OCC(=O)Nc2ccc3c(c2)N(CCCCOc2ccc(Cl)cc2)C(=O)CO3)cc1. The number of hydrogen-bond donors (Lipinski definition) is 1. The van der Waals surface area contributed by atoms with E-state index >= 15 is 0 Å². The van der Waals surface area contributed by atoms with E-state index in [-0.39, 0.29) is 25.0 Å². The molecule has 0 saturated carbocycles. The van der Waals surface area contributed by atoms with Crippen LogP contribution in [-0.2, 0) is 9.59 Å². The minimum atomic E-state index is -0.317. The quantitative estimate of drug-likeness (QED) is 0.322. The van der Waals surface area contributed by atoms with Crippen LogP contribution in [0.25, 0.3) is 0 Å². The van der Waals surface area contributed by atoms with Gasteiger partial charge in [0.1, 0.15) is 23.0 Å². The molecule has 9 heteroatoms. The monoisotopic (exact) mass is 524 g/mol. The molecule has 0 saturated heterocycles. The highest BCUT2D eigenvalue weighted by molar-refractivity contribution is 6.30. The predicted molar refractivity (Wildman–Crippen MR) is 142 cm³/mol. The maximum atomic E-state index is 12.6. The Balaban J connectivity index is 1.28. The second-order valence-corrected chi connectivity index (χ2v) is 8.70. The fourth-order valence-electron chi connectivity index (χ4n) is 3.76. The first-order chi connectivity index (χ1) is 18.0. The van der Waals surface area contributed by atoms with E-state index in [1.807, 2.05) is 19.1 Å². The van der Waals surface area contributed by atoms with Crippen LogP contribution in [0.3, 0.4) is 0 Å². The van der Waals surface area contributed by atoms with E-state index < -0.39 is 0 Å².